The Kier molecular flexibility index (Phi) is 7.13. The van der Waals surface area contributed by atoms with Crippen LogP contribution in [0.4, 0.5) is 0 Å². The van der Waals surface area contributed by atoms with Gasteiger partial charge in [-0.3, -0.25) is 4.79 Å². The van der Waals surface area contributed by atoms with Crippen LogP contribution in [0.15, 0.2) is 18.2 Å². The van der Waals surface area contributed by atoms with Crippen LogP contribution in [-0.4, -0.2) is 25.1 Å². The summed E-state index contributed by atoms with van der Waals surface area (Å²) in [6.45, 7) is 4.63. The summed E-state index contributed by atoms with van der Waals surface area (Å²) in [4.78, 5) is 11.6. The molecule has 20 heavy (non-hydrogen) atoms. The third-order valence-electron chi connectivity index (χ3n) is 2.97. The number of benzene rings is 1. The number of carbonyl (C=O) groups excluding carboxylic acids is 1. The van der Waals surface area contributed by atoms with Gasteiger partial charge in [-0.05, 0) is 31.5 Å². The van der Waals surface area contributed by atoms with Gasteiger partial charge >= 0.3 is 0 Å². The maximum Gasteiger partial charge on any atom is 0.224 e. The van der Waals surface area contributed by atoms with E-state index in [0.717, 1.165) is 0 Å². The minimum absolute atomic E-state index is 0.0375. The van der Waals surface area contributed by atoms with Crippen molar-refractivity contribution >= 4 is 29.1 Å². The highest BCUT2D eigenvalue weighted by molar-refractivity contribution is 6.35. The van der Waals surface area contributed by atoms with Crippen molar-refractivity contribution in [1.29, 1.82) is 0 Å². The molecular weight excluding hydrogens is 299 g/mol. The van der Waals surface area contributed by atoms with Crippen molar-refractivity contribution in [3.8, 4) is 5.75 Å². The normalized spacial score (nSPS) is 13.7. The molecular formula is C14H20Cl2N2O2. The third-order valence-corrected chi connectivity index (χ3v) is 3.50. The molecule has 0 aliphatic heterocycles. The Balaban J connectivity index is 2.24. The Morgan fingerprint density at radius 1 is 1.40 bits per heavy atom. The molecule has 0 spiro atoms. The van der Waals surface area contributed by atoms with Crippen molar-refractivity contribution in [2.75, 3.05) is 13.2 Å². The van der Waals surface area contributed by atoms with Crippen molar-refractivity contribution in [2.24, 2.45) is 11.7 Å². The molecule has 0 aliphatic carbocycles. The van der Waals surface area contributed by atoms with E-state index in [1.54, 1.807) is 18.2 Å². The van der Waals surface area contributed by atoms with E-state index in [1.165, 1.54) is 0 Å². The van der Waals surface area contributed by atoms with Gasteiger partial charge in [0.15, 0.2) is 0 Å². The Labute approximate surface area is 129 Å². The number of rotatable bonds is 7. The SMILES string of the molecule is CC(N)C(C)C(=O)NCCCOc1ccc(Cl)cc1Cl. The van der Waals surface area contributed by atoms with Crippen LogP contribution in [0.1, 0.15) is 20.3 Å². The highest BCUT2D eigenvalue weighted by Gasteiger charge is 2.15. The zero-order chi connectivity index (χ0) is 15.1. The zero-order valence-electron chi connectivity index (χ0n) is 11.7. The summed E-state index contributed by atoms with van der Waals surface area (Å²) in [5, 5.41) is 3.87. The third kappa shape index (κ3) is 5.57. The van der Waals surface area contributed by atoms with E-state index in [1.807, 2.05) is 13.8 Å². The number of ether oxygens (including phenoxy) is 1. The Hall–Kier alpha value is -0.970. The first-order chi connectivity index (χ1) is 9.41. The molecule has 0 aliphatic rings. The molecule has 0 heterocycles. The van der Waals surface area contributed by atoms with Crippen LogP contribution >= 0.6 is 23.2 Å². The monoisotopic (exact) mass is 318 g/mol. The van der Waals surface area contributed by atoms with Crippen LogP contribution in [0.25, 0.3) is 0 Å². The average Bonchev–Trinajstić information content (AvgIpc) is 2.39. The summed E-state index contributed by atoms with van der Waals surface area (Å²) < 4.78 is 5.51. The van der Waals surface area contributed by atoms with Crippen molar-refractivity contribution in [2.45, 2.75) is 26.3 Å². The van der Waals surface area contributed by atoms with Crippen molar-refractivity contribution in [1.82, 2.24) is 5.32 Å². The summed E-state index contributed by atoms with van der Waals surface area (Å²) >= 11 is 11.8. The van der Waals surface area contributed by atoms with E-state index < -0.39 is 0 Å². The lowest BCUT2D eigenvalue weighted by Crippen LogP contribution is -2.39. The number of halogens is 2. The van der Waals surface area contributed by atoms with Crippen molar-refractivity contribution < 1.29 is 9.53 Å². The van der Waals surface area contributed by atoms with Gasteiger partial charge in [-0.15, -0.1) is 0 Å². The summed E-state index contributed by atoms with van der Waals surface area (Å²) in [7, 11) is 0. The number of amides is 1. The van der Waals surface area contributed by atoms with Gasteiger partial charge in [-0.25, -0.2) is 0 Å². The molecule has 4 nitrogen and oxygen atoms in total. The lowest BCUT2D eigenvalue weighted by atomic mass is 10.0. The molecule has 0 saturated carbocycles. The molecule has 0 aromatic heterocycles. The van der Waals surface area contributed by atoms with Crippen molar-refractivity contribution in [3.05, 3.63) is 28.2 Å². The second-order valence-electron chi connectivity index (χ2n) is 4.72. The van der Waals surface area contributed by atoms with Crippen molar-refractivity contribution in [3.63, 3.8) is 0 Å². The first-order valence-corrected chi connectivity index (χ1v) is 7.28. The summed E-state index contributed by atoms with van der Waals surface area (Å²) in [5.74, 6) is 0.359. The fourth-order valence-corrected chi connectivity index (χ4v) is 1.92. The maximum atomic E-state index is 11.6. The molecule has 3 N–H and O–H groups in total. The average molecular weight is 319 g/mol. The second-order valence-corrected chi connectivity index (χ2v) is 5.56. The lowest BCUT2D eigenvalue weighted by molar-refractivity contribution is -0.124. The molecule has 0 radical (unpaired) electrons. The number of nitrogens with two attached hydrogens (primary N) is 1. The molecule has 2 atom stereocenters. The molecule has 0 saturated heterocycles. The summed E-state index contributed by atoms with van der Waals surface area (Å²) in [6, 6.07) is 4.92. The van der Waals surface area contributed by atoms with Gasteiger partial charge in [-0.2, -0.15) is 0 Å². The predicted octanol–water partition coefficient (Wildman–Crippen LogP) is 2.86. The molecule has 0 fully saturated rings. The quantitative estimate of drug-likeness (QED) is 0.760. The fraction of sp³-hybridized carbons (Fsp3) is 0.500. The molecule has 1 rings (SSSR count). The first kappa shape index (κ1) is 17.1. The molecule has 0 bridgehead atoms. The maximum absolute atomic E-state index is 11.6. The minimum atomic E-state index is -0.193. The van der Waals surface area contributed by atoms with Crippen LogP contribution in [-0.2, 0) is 4.79 Å². The van der Waals surface area contributed by atoms with Crippen LogP contribution in [0.3, 0.4) is 0 Å². The molecule has 1 aromatic rings. The number of hydrogen-bond acceptors (Lipinski definition) is 3. The minimum Gasteiger partial charge on any atom is -0.492 e. The molecule has 6 heteroatoms. The topological polar surface area (TPSA) is 64.4 Å². The van der Waals surface area contributed by atoms with Gasteiger partial charge in [-0.1, -0.05) is 30.1 Å². The Morgan fingerprint density at radius 2 is 2.10 bits per heavy atom. The standard InChI is InChI=1S/C14H20Cl2N2O2/c1-9(10(2)17)14(19)18-6-3-7-20-13-5-4-11(15)8-12(13)16/h4-5,8-10H,3,6-7,17H2,1-2H3,(H,18,19). The number of nitrogens with one attached hydrogen (secondary N) is 1. The van der Waals surface area contributed by atoms with Crippen LogP contribution in [0, 0.1) is 5.92 Å². The van der Waals surface area contributed by atoms with E-state index >= 15 is 0 Å². The highest BCUT2D eigenvalue weighted by atomic mass is 35.5. The Bertz CT molecular complexity index is 453. The number of carbonyl (C=O) groups is 1. The zero-order valence-corrected chi connectivity index (χ0v) is 13.2. The number of hydrogen-bond donors (Lipinski definition) is 2. The first-order valence-electron chi connectivity index (χ1n) is 6.53. The van der Waals surface area contributed by atoms with Crippen LogP contribution in [0.5, 0.6) is 5.75 Å². The fourth-order valence-electron chi connectivity index (χ4n) is 1.46. The summed E-state index contributed by atoms with van der Waals surface area (Å²) in [6.07, 6.45) is 0.691. The van der Waals surface area contributed by atoms with Gasteiger partial charge < -0.3 is 15.8 Å². The summed E-state index contributed by atoms with van der Waals surface area (Å²) in [5.41, 5.74) is 5.66. The van der Waals surface area contributed by atoms with E-state index in [2.05, 4.69) is 5.32 Å². The van der Waals surface area contributed by atoms with Gasteiger partial charge in [0.2, 0.25) is 5.91 Å². The van der Waals surface area contributed by atoms with E-state index in [0.29, 0.717) is 35.4 Å². The smallest absolute Gasteiger partial charge is 0.224 e. The molecule has 1 aromatic carbocycles. The van der Waals surface area contributed by atoms with Gasteiger partial charge in [0.05, 0.1) is 11.6 Å². The van der Waals surface area contributed by atoms with E-state index in [9.17, 15) is 4.79 Å². The predicted molar refractivity (Wildman–Crippen MR) is 82.4 cm³/mol. The lowest BCUT2D eigenvalue weighted by Gasteiger charge is -2.15. The largest absolute Gasteiger partial charge is 0.492 e. The molecule has 2 unspecified atom stereocenters. The second kappa shape index (κ2) is 8.35. The molecule has 1 amide bonds. The van der Waals surface area contributed by atoms with Crippen LogP contribution in [0.2, 0.25) is 10.0 Å². The highest BCUT2D eigenvalue weighted by Crippen LogP contribution is 2.27. The van der Waals surface area contributed by atoms with Crippen LogP contribution < -0.4 is 15.8 Å². The van der Waals surface area contributed by atoms with Gasteiger partial charge in [0.25, 0.3) is 0 Å². The van der Waals surface area contributed by atoms with E-state index in [4.69, 9.17) is 33.7 Å². The van der Waals surface area contributed by atoms with Gasteiger partial charge in [0, 0.05) is 23.5 Å². The van der Waals surface area contributed by atoms with E-state index in [-0.39, 0.29) is 17.9 Å². The van der Waals surface area contributed by atoms with Gasteiger partial charge in [0.1, 0.15) is 5.75 Å². The Morgan fingerprint density at radius 3 is 2.70 bits per heavy atom. The molecule has 112 valence electrons.